The first-order valence-electron chi connectivity index (χ1n) is 20.6. The molecule has 0 aliphatic carbocycles. The second-order valence-corrected chi connectivity index (χ2v) is 20.5. The Morgan fingerprint density at radius 1 is 0.393 bits per heavy atom. The number of hydrogen-bond acceptors (Lipinski definition) is 1. The first-order valence-corrected chi connectivity index (χ1v) is 20.6. The van der Waals surface area contributed by atoms with Gasteiger partial charge in [0.1, 0.15) is 11.6 Å². The van der Waals surface area contributed by atoms with Crippen LogP contribution in [0.25, 0.3) is 66.1 Å². The molecule has 0 radical (unpaired) electrons. The molecule has 61 heavy (non-hydrogen) atoms. The molecule has 0 saturated heterocycles. The van der Waals surface area contributed by atoms with Gasteiger partial charge in [0.2, 0.25) is 5.82 Å². The lowest BCUT2D eigenvalue weighted by Crippen LogP contribution is -2.11. The number of halogens is 5. The van der Waals surface area contributed by atoms with E-state index in [0.29, 0.717) is 22.1 Å². The van der Waals surface area contributed by atoms with Crippen LogP contribution in [0.15, 0.2) is 84.9 Å². The molecule has 8 aromatic rings. The summed E-state index contributed by atoms with van der Waals surface area (Å²) in [6.45, 7) is 25.5. The minimum absolute atomic E-state index is 0.143. The van der Waals surface area contributed by atoms with E-state index in [-0.39, 0.29) is 44.2 Å². The van der Waals surface area contributed by atoms with E-state index in [2.05, 4.69) is 113 Å². The van der Waals surface area contributed by atoms with Crippen LogP contribution in [-0.4, -0.2) is 9.13 Å². The van der Waals surface area contributed by atoms with Gasteiger partial charge in [0.05, 0.1) is 39.0 Å². The van der Waals surface area contributed by atoms with Gasteiger partial charge in [0, 0.05) is 21.5 Å². The highest BCUT2D eigenvalue weighted by atomic mass is 19.2. The summed E-state index contributed by atoms with van der Waals surface area (Å²) in [6, 6.07) is 29.7. The van der Waals surface area contributed by atoms with E-state index in [9.17, 15) is 9.65 Å². The predicted molar refractivity (Wildman–Crippen MR) is 240 cm³/mol. The van der Waals surface area contributed by atoms with Gasteiger partial charge in [-0.1, -0.05) is 107 Å². The first kappa shape index (κ1) is 41.8. The van der Waals surface area contributed by atoms with Crippen LogP contribution < -0.4 is 0 Å². The van der Waals surface area contributed by atoms with Crippen molar-refractivity contribution in [3.63, 3.8) is 0 Å². The number of hydrogen-bond donors (Lipinski definition) is 0. The van der Waals surface area contributed by atoms with Crippen LogP contribution in [0, 0.1) is 40.4 Å². The van der Waals surface area contributed by atoms with Gasteiger partial charge in [0.25, 0.3) is 0 Å². The average molecular weight is 824 g/mol. The second-order valence-electron chi connectivity index (χ2n) is 20.5. The zero-order chi connectivity index (χ0) is 44.5. The topological polar surface area (TPSA) is 33.6 Å². The van der Waals surface area contributed by atoms with E-state index >= 15 is 17.6 Å². The molecule has 0 fully saturated rings. The molecule has 8 rings (SSSR count). The van der Waals surface area contributed by atoms with Gasteiger partial charge >= 0.3 is 0 Å². The largest absolute Gasteiger partial charge is 0.308 e. The van der Waals surface area contributed by atoms with Crippen molar-refractivity contribution >= 4 is 43.6 Å². The Morgan fingerprint density at radius 2 is 0.656 bits per heavy atom. The van der Waals surface area contributed by atoms with Crippen molar-refractivity contribution in [2.24, 2.45) is 0 Å². The molecule has 312 valence electrons. The lowest BCUT2D eigenvalue weighted by Gasteiger charge is -2.21. The Balaban J connectivity index is 1.60. The summed E-state index contributed by atoms with van der Waals surface area (Å²) in [5, 5.41) is 15.0. The summed E-state index contributed by atoms with van der Waals surface area (Å²) in [4.78, 5) is 0. The third-order valence-corrected chi connectivity index (χ3v) is 12.2. The summed E-state index contributed by atoms with van der Waals surface area (Å²) in [7, 11) is 0. The first-order chi connectivity index (χ1) is 28.3. The molecule has 0 saturated carbocycles. The number of nitrogens with zero attached hydrogens (tertiary/aromatic N) is 3. The fourth-order valence-electron chi connectivity index (χ4n) is 8.51. The fourth-order valence-corrected chi connectivity index (χ4v) is 8.51. The highest BCUT2D eigenvalue weighted by molar-refractivity contribution is 6.12. The Labute approximate surface area is 354 Å². The highest BCUT2D eigenvalue weighted by Crippen LogP contribution is 2.44. The molecule has 3 nitrogen and oxygen atoms in total. The van der Waals surface area contributed by atoms with Crippen LogP contribution in [0.2, 0.25) is 0 Å². The summed E-state index contributed by atoms with van der Waals surface area (Å²) in [5.41, 5.74) is 5.50. The van der Waals surface area contributed by atoms with Crippen molar-refractivity contribution in [2.75, 3.05) is 0 Å². The summed E-state index contributed by atoms with van der Waals surface area (Å²) < 4.78 is 80.7. The van der Waals surface area contributed by atoms with E-state index in [1.807, 2.05) is 57.7 Å². The zero-order valence-electron chi connectivity index (χ0n) is 36.8. The molecular formula is C53H50F5N3. The third kappa shape index (κ3) is 6.68. The van der Waals surface area contributed by atoms with Gasteiger partial charge in [-0.2, -0.15) is 5.26 Å². The van der Waals surface area contributed by atoms with E-state index < -0.39 is 34.6 Å². The molecule has 0 aliphatic rings. The molecule has 0 amide bonds. The van der Waals surface area contributed by atoms with Crippen molar-refractivity contribution in [1.82, 2.24) is 9.13 Å². The average Bonchev–Trinajstić information content (AvgIpc) is 3.69. The van der Waals surface area contributed by atoms with Crippen molar-refractivity contribution < 1.29 is 22.0 Å². The second kappa shape index (κ2) is 13.8. The smallest absolute Gasteiger partial charge is 0.200 e. The van der Waals surface area contributed by atoms with Gasteiger partial charge in [-0.25, -0.2) is 22.0 Å². The minimum atomic E-state index is -2.24. The van der Waals surface area contributed by atoms with Gasteiger partial charge < -0.3 is 9.13 Å². The normalized spacial score (nSPS) is 13.0. The van der Waals surface area contributed by atoms with Gasteiger partial charge in [-0.15, -0.1) is 0 Å². The standard InChI is InChI=1S/C53H50F5N3/c1-50(2,3)29-13-17-38-33(23-29)34-24-30(51(4,5)6)14-18-39(34)60(38)42-21-28(44-45(54)47(56)49(58)48(57)46(44)55)22-43(37(42)27-59)61-40-19-15-31(52(7,8)9)25-35(40)36-26-32(53(10,11)12)16-20-41(36)61/h13-26H,1-12H3. The van der Waals surface area contributed by atoms with Gasteiger partial charge in [0.15, 0.2) is 23.3 Å². The molecule has 0 bridgehead atoms. The Kier molecular flexibility index (Phi) is 9.44. The van der Waals surface area contributed by atoms with Crippen LogP contribution in [0.1, 0.15) is 111 Å². The molecule has 0 N–H and O–H groups in total. The van der Waals surface area contributed by atoms with Crippen LogP contribution in [-0.2, 0) is 21.7 Å². The summed E-state index contributed by atoms with van der Waals surface area (Å²) in [6.07, 6.45) is 0. The minimum Gasteiger partial charge on any atom is -0.308 e. The van der Waals surface area contributed by atoms with Gasteiger partial charge in [-0.05, 0) is 110 Å². The maximum atomic E-state index is 16.1. The highest BCUT2D eigenvalue weighted by Gasteiger charge is 2.31. The maximum Gasteiger partial charge on any atom is 0.200 e. The third-order valence-electron chi connectivity index (χ3n) is 12.2. The van der Waals surface area contributed by atoms with Crippen molar-refractivity contribution in [2.45, 2.75) is 105 Å². The molecule has 0 unspecified atom stereocenters. The molecule has 2 heterocycles. The molecule has 0 atom stereocenters. The van der Waals surface area contributed by atoms with E-state index in [4.69, 9.17) is 0 Å². The van der Waals surface area contributed by atoms with E-state index in [1.54, 1.807) is 0 Å². The molecular weight excluding hydrogens is 774 g/mol. The van der Waals surface area contributed by atoms with Crippen LogP contribution in [0.3, 0.4) is 0 Å². The molecule has 0 spiro atoms. The lowest BCUT2D eigenvalue weighted by molar-refractivity contribution is 0.381. The number of benzene rings is 6. The van der Waals surface area contributed by atoms with E-state index in [1.165, 1.54) is 12.1 Å². The number of nitriles is 1. The van der Waals surface area contributed by atoms with Crippen molar-refractivity contribution in [3.05, 3.63) is 142 Å². The van der Waals surface area contributed by atoms with Crippen molar-refractivity contribution in [1.29, 1.82) is 5.26 Å². The number of fused-ring (bicyclic) bond motifs is 6. The monoisotopic (exact) mass is 823 g/mol. The predicted octanol–water partition coefficient (Wildman–Crippen LogP) is 15.3. The molecule has 8 heteroatoms. The maximum absolute atomic E-state index is 16.1. The lowest BCUT2D eigenvalue weighted by atomic mass is 9.85. The molecule has 2 aromatic heterocycles. The van der Waals surface area contributed by atoms with Crippen LogP contribution in [0.5, 0.6) is 0 Å². The summed E-state index contributed by atoms with van der Waals surface area (Å²) >= 11 is 0. The quantitative estimate of drug-likeness (QED) is 0.0993. The Morgan fingerprint density at radius 3 is 0.902 bits per heavy atom. The SMILES string of the molecule is CC(C)(C)c1ccc2c(c1)c1cc(C(C)(C)C)ccc1n2-c1cc(-c2c(F)c(F)c(F)c(F)c2F)cc(-n2c3ccc(C(C)(C)C)cc3c3cc(C(C)(C)C)ccc32)c1C#N. The Hall–Kier alpha value is -5.94. The molecule has 0 aliphatic heterocycles. The van der Waals surface area contributed by atoms with E-state index in [0.717, 1.165) is 43.8 Å². The zero-order valence-corrected chi connectivity index (χ0v) is 36.8. The number of rotatable bonds is 3. The summed E-state index contributed by atoms with van der Waals surface area (Å²) in [5.74, 6) is -10.3. The Bertz CT molecular complexity index is 2840. The number of aromatic nitrogens is 2. The van der Waals surface area contributed by atoms with Crippen molar-refractivity contribution in [3.8, 4) is 28.6 Å². The van der Waals surface area contributed by atoms with Gasteiger partial charge in [-0.3, -0.25) is 0 Å². The van der Waals surface area contributed by atoms with Crippen LogP contribution in [0.4, 0.5) is 22.0 Å². The molecule has 6 aromatic carbocycles. The van der Waals surface area contributed by atoms with Crippen LogP contribution >= 0.6 is 0 Å². The fraction of sp³-hybridized carbons (Fsp3) is 0.302.